The molecule has 206 valence electrons. The summed E-state index contributed by atoms with van der Waals surface area (Å²) in [5, 5.41) is 8.96. The van der Waals surface area contributed by atoms with Crippen LogP contribution in [0.1, 0.15) is 54.5 Å². The number of methoxy groups -OCH3 is 1. The molecule has 2 saturated heterocycles. The summed E-state index contributed by atoms with van der Waals surface area (Å²) in [6.07, 6.45) is 0.211. The molecule has 3 atom stereocenters. The normalized spacial score (nSPS) is 21.8. The quantitative estimate of drug-likeness (QED) is 0.389. The van der Waals surface area contributed by atoms with Gasteiger partial charge in [0.2, 0.25) is 0 Å². The van der Waals surface area contributed by atoms with Gasteiger partial charge in [-0.1, -0.05) is 66.7 Å². The van der Waals surface area contributed by atoms with Crippen LogP contribution in [-0.4, -0.2) is 77.7 Å². The minimum absolute atomic E-state index is 0.138. The molecular formula is C33H41N3O3. The second-order valence-electron chi connectivity index (χ2n) is 11.3. The first kappa shape index (κ1) is 27.4. The summed E-state index contributed by atoms with van der Waals surface area (Å²) in [4.78, 5) is 18.4. The van der Waals surface area contributed by atoms with E-state index in [9.17, 15) is 4.79 Å². The predicted molar refractivity (Wildman–Crippen MR) is 155 cm³/mol. The van der Waals surface area contributed by atoms with Crippen LogP contribution in [-0.2, 0) is 11.3 Å². The Labute approximate surface area is 232 Å². The lowest BCUT2D eigenvalue weighted by Crippen LogP contribution is -2.56. The number of likely N-dealkylation sites (tertiary alicyclic amines) is 1. The second kappa shape index (κ2) is 12.3. The highest BCUT2D eigenvalue weighted by Gasteiger charge is 2.35. The lowest BCUT2D eigenvalue weighted by molar-refractivity contribution is -0.137. The molecule has 0 bridgehead atoms. The molecule has 6 heteroatoms. The molecule has 1 N–H and O–H groups in total. The number of hydrogen-bond donors (Lipinski definition) is 1. The third-order valence-corrected chi connectivity index (χ3v) is 8.46. The highest BCUT2D eigenvalue weighted by Crippen LogP contribution is 2.36. The molecule has 0 saturated carbocycles. The summed E-state index contributed by atoms with van der Waals surface area (Å²) in [5.41, 5.74) is 5.25. The maximum absolute atomic E-state index is 10.9. The Morgan fingerprint density at radius 1 is 0.897 bits per heavy atom. The first-order chi connectivity index (χ1) is 18.9. The van der Waals surface area contributed by atoms with E-state index in [1.165, 1.54) is 22.3 Å². The topological polar surface area (TPSA) is 56.2 Å². The van der Waals surface area contributed by atoms with E-state index in [4.69, 9.17) is 9.84 Å². The first-order valence-corrected chi connectivity index (χ1v) is 14.1. The van der Waals surface area contributed by atoms with E-state index in [0.29, 0.717) is 24.5 Å². The van der Waals surface area contributed by atoms with Crippen molar-refractivity contribution < 1.29 is 14.6 Å². The van der Waals surface area contributed by atoms with Crippen molar-refractivity contribution in [1.29, 1.82) is 0 Å². The van der Waals surface area contributed by atoms with Crippen molar-refractivity contribution in [1.82, 2.24) is 14.7 Å². The van der Waals surface area contributed by atoms with E-state index in [1.54, 1.807) is 7.11 Å². The molecule has 39 heavy (non-hydrogen) atoms. The van der Waals surface area contributed by atoms with E-state index in [2.05, 4.69) is 101 Å². The minimum atomic E-state index is -0.726. The van der Waals surface area contributed by atoms with Crippen LogP contribution in [0.4, 0.5) is 0 Å². The molecule has 0 spiro atoms. The number of rotatable bonds is 10. The van der Waals surface area contributed by atoms with Gasteiger partial charge in [-0.25, -0.2) is 0 Å². The van der Waals surface area contributed by atoms with Gasteiger partial charge in [-0.2, -0.15) is 0 Å². The molecule has 0 aliphatic carbocycles. The monoisotopic (exact) mass is 527 g/mol. The molecule has 6 nitrogen and oxygen atoms in total. The average Bonchev–Trinajstić information content (AvgIpc) is 2.92. The zero-order valence-corrected chi connectivity index (χ0v) is 23.4. The van der Waals surface area contributed by atoms with Crippen molar-refractivity contribution in [2.45, 2.75) is 50.9 Å². The SMILES string of the molecule is COc1cccc(C(c2ccc(C3CN(CCC(=O)O)C3)cc2)N2C[C@@H](C)N(Cc3ccccc3)C[C@@H]2C)c1. The summed E-state index contributed by atoms with van der Waals surface area (Å²) in [6.45, 7) is 10.2. The van der Waals surface area contributed by atoms with Crippen molar-refractivity contribution in [3.8, 4) is 5.75 Å². The van der Waals surface area contributed by atoms with Crippen molar-refractivity contribution in [3.63, 3.8) is 0 Å². The van der Waals surface area contributed by atoms with Gasteiger partial charge in [-0.3, -0.25) is 14.6 Å². The largest absolute Gasteiger partial charge is 0.497 e. The molecule has 3 aromatic rings. The van der Waals surface area contributed by atoms with Crippen LogP contribution in [0.3, 0.4) is 0 Å². The number of carboxylic acids is 1. The molecule has 2 aliphatic rings. The van der Waals surface area contributed by atoms with Crippen LogP contribution in [0.2, 0.25) is 0 Å². The maximum Gasteiger partial charge on any atom is 0.304 e. The van der Waals surface area contributed by atoms with Crippen LogP contribution in [0.5, 0.6) is 5.75 Å². The molecular weight excluding hydrogens is 486 g/mol. The standard InChI is InChI=1S/C33H41N3O3/c1-24-20-36(25(2)19-35(24)21-26-8-5-4-6-9-26)33(29-10-7-11-31(18-29)39-3)28-14-12-27(13-15-28)30-22-34(23-30)17-16-32(37)38/h4-15,18,24-25,30,33H,16-17,19-23H2,1-3H3,(H,37,38)/t24-,25+,33?/m1/s1. The fourth-order valence-electron chi connectivity index (χ4n) is 6.18. The van der Waals surface area contributed by atoms with Crippen molar-refractivity contribution in [2.75, 3.05) is 39.8 Å². The Morgan fingerprint density at radius 2 is 1.64 bits per heavy atom. The Kier molecular flexibility index (Phi) is 8.66. The van der Waals surface area contributed by atoms with Gasteiger partial charge in [-0.05, 0) is 48.2 Å². The summed E-state index contributed by atoms with van der Waals surface area (Å²) in [6, 6.07) is 29.4. The van der Waals surface area contributed by atoms with E-state index < -0.39 is 5.97 Å². The zero-order valence-electron chi connectivity index (χ0n) is 23.4. The molecule has 0 radical (unpaired) electrons. The van der Waals surface area contributed by atoms with Gasteiger partial charge in [0.05, 0.1) is 19.6 Å². The smallest absolute Gasteiger partial charge is 0.304 e. The third-order valence-electron chi connectivity index (χ3n) is 8.46. The van der Waals surface area contributed by atoms with Gasteiger partial charge in [-0.15, -0.1) is 0 Å². The van der Waals surface area contributed by atoms with Crippen LogP contribution in [0.15, 0.2) is 78.9 Å². The number of hydrogen-bond acceptors (Lipinski definition) is 5. The van der Waals surface area contributed by atoms with Gasteiger partial charge in [0, 0.05) is 57.3 Å². The van der Waals surface area contributed by atoms with E-state index in [1.807, 2.05) is 6.07 Å². The second-order valence-corrected chi connectivity index (χ2v) is 11.3. The Bertz CT molecular complexity index is 1230. The minimum Gasteiger partial charge on any atom is -0.497 e. The number of carbonyl (C=O) groups is 1. The molecule has 2 heterocycles. The summed E-state index contributed by atoms with van der Waals surface area (Å²) < 4.78 is 5.61. The Balaban J connectivity index is 1.35. The summed E-state index contributed by atoms with van der Waals surface area (Å²) >= 11 is 0. The number of carboxylic acid groups (broad SMARTS) is 1. The van der Waals surface area contributed by atoms with Gasteiger partial charge < -0.3 is 14.7 Å². The van der Waals surface area contributed by atoms with Gasteiger partial charge in [0.25, 0.3) is 0 Å². The van der Waals surface area contributed by atoms with E-state index in [0.717, 1.165) is 38.5 Å². The molecule has 3 aromatic carbocycles. The summed E-state index contributed by atoms with van der Waals surface area (Å²) in [7, 11) is 1.73. The van der Waals surface area contributed by atoms with Crippen molar-refractivity contribution in [3.05, 3.63) is 101 Å². The number of piperazine rings is 1. The maximum atomic E-state index is 10.9. The number of nitrogens with zero attached hydrogens (tertiary/aromatic N) is 3. The molecule has 5 rings (SSSR count). The molecule has 1 unspecified atom stereocenters. The number of aliphatic carboxylic acids is 1. The lowest BCUT2D eigenvalue weighted by Gasteiger charge is -2.48. The van der Waals surface area contributed by atoms with Crippen LogP contribution in [0, 0.1) is 0 Å². The number of ether oxygens (including phenoxy) is 1. The Hall–Kier alpha value is -3.19. The number of benzene rings is 3. The third kappa shape index (κ3) is 6.52. The van der Waals surface area contributed by atoms with Crippen molar-refractivity contribution in [2.24, 2.45) is 0 Å². The van der Waals surface area contributed by atoms with Crippen molar-refractivity contribution >= 4 is 5.97 Å². The van der Waals surface area contributed by atoms with Crippen LogP contribution < -0.4 is 4.74 Å². The van der Waals surface area contributed by atoms with Crippen LogP contribution in [0.25, 0.3) is 0 Å². The fourth-order valence-corrected chi connectivity index (χ4v) is 6.18. The summed E-state index contributed by atoms with van der Waals surface area (Å²) in [5.74, 6) is 0.632. The molecule has 2 aliphatic heterocycles. The molecule has 0 aromatic heterocycles. The van der Waals surface area contributed by atoms with Crippen LogP contribution >= 0.6 is 0 Å². The van der Waals surface area contributed by atoms with Gasteiger partial charge in [0.1, 0.15) is 5.75 Å². The van der Waals surface area contributed by atoms with Gasteiger partial charge >= 0.3 is 5.97 Å². The van der Waals surface area contributed by atoms with E-state index in [-0.39, 0.29) is 12.5 Å². The highest BCUT2D eigenvalue weighted by atomic mass is 16.5. The Morgan fingerprint density at radius 3 is 2.33 bits per heavy atom. The lowest BCUT2D eigenvalue weighted by atomic mass is 9.88. The molecule has 2 fully saturated rings. The predicted octanol–water partition coefficient (Wildman–Crippen LogP) is 5.25. The van der Waals surface area contributed by atoms with E-state index >= 15 is 0 Å². The van der Waals surface area contributed by atoms with Gasteiger partial charge in [0.15, 0.2) is 0 Å². The highest BCUT2D eigenvalue weighted by molar-refractivity contribution is 5.66. The zero-order chi connectivity index (χ0) is 27.4. The fraction of sp³-hybridized carbons (Fsp3) is 0.424. The average molecular weight is 528 g/mol. The first-order valence-electron chi connectivity index (χ1n) is 14.1. The molecule has 0 amide bonds.